The summed E-state index contributed by atoms with van der Waals surface area (Å²) < 4.78 is 11.1. The SMILES string of the molecule is CNC(c1cc2ccccc2o1)C(C)OC. The van der Waals surface area contributed by atoms with Crippen LogP contribution in [-0.2, 0) is 4.74 Å². The highest BCUT2D eigenvalue weighted by atomic mass is 16.5. The van der Waals surface area contributed by atoms with Crippen molar-refractivity contribution in [1.29, 1.82) is 0 Å². The van der Waals surface area contributed by atoms with Gasteiger partial charge in [0.25, 0.3) is 0 Å². The number of likely N-dealkylation sites (N-methyl/N-ethyl adjacent to an activating group) is 1. The van der Waals surface area contributed by atoms with E-state index >= 15 is 0 Å². The van der Waals surface area contributed by atoms with Crippen molar-refractivity contribution < 1.29 is 9.15 Å². The van der Waals surface area contributed by atoms with E-state index in [9.17, 15) is 0 Å². The van der Waals surface area contributed by atoms with E-state index in [0.29, 0.717) is 0 Å². The number of fused-ring (bicyclic) bond motifs is 1. The first-order chi connectivity index (χ1) is 7.76. The van der Waals surface area contributed by atoms with Gasteiger partial charge in [-0.3, -0.25) is 0 Å². The zero-order chi connectivity index (χ0) is 11.5. The van der Waals surface area contributed by atoms with Crippen LogP contribution in [0, 0.1) is 0 Å². The molecule has 1 heterocycles. The highest BCUT2D eigenvalue weighted by Crippen LogP contribution is 2.26. The molecule has 1 N–H and O–H groups in total. The van der Waals surface area contributed by atoms with Gasteiger partial charge in [-0.15, -0.1) is 0 Å². The Hall–Kier alpha value is -1.32. The molecule has 0 aliphatic rings. The molecule has 0 radical (unpaired) electrons. The second-order valence-electron chi connectivity index (χ2n) is 3.89. The quantitative estimate of drug-likeness (QED) is 0.858. The van der Waals surface area contributed by atoms with Crippen LogP contribution in [0.4, 0.5) is 0 Å². The first-order valence-electron chi connectivity index (χ1n) is 5.44. The zero-order valence-electron chi connectivity index (χ0n) is 9.86. The molecule has 2 atom stereocenters. The molecule has 2 unspecified atom stereocenters. The van der Waals surface area contributed by atoms with Gasteiger partial charge in [-0.25, -0.2) is 0 Å². The highest BCUT2D eigenvalue weighted by Gasteiger charge is 2.20. The summed E-state index contributed by atoms with van der Waals surface area (Å²) in [6, 6.07) is 10.2. The number of ether oxygens (including phenoxy) is 1. The molecule has 16 heavy (non-hydrogen) atoms. The Morgan fingerprint density at radius 3 is 2.69 bits per heavy atom. The summed E-state index contributed by atoms with van der Waals surface area (Å²) in [5.41, 5.74) is 0.918. The standard InChI is InChI=1S/C13H17NO2/c1-9(15-3)13(14-2)12-8-10-6-4-5-7-11(10)16-12/h4-9,13-14H,1-3H3. The van der Waals surface area contributed by atoms with Crippen molar-refractivity contribution in [2.45, 2.75) is 19.1 Å². The molecule has 2 rings (SSSR count). The summed E-state index contributed by atoms with van der Waals surface area (Å²) in [6.07, 6.45) is 0.0746. The monoisotopic (exact) mass is 219 g/mol. The molecule has 1 aromatic heterocycles. The van der Waals surface area contributed by atoms with E-state index in [4.69, 9.17) is 9.15 Å². The number of hydrogen-bond donors (Lipinski definition) is 1. The number of furan rings is 1. The van der Waals surface area contributed by atoms with E-state index in [1.807, 2.05) is 38.2 Å². The van der Waals surface area contributed by atoms with E-state index in [2.05, 4.69) is 11.4 Å². The van der Waals surface area contributed by atoms with Crippen LogP contribution in [0.2, 0.25) is 0 Å². The fourth-order valence-corrected chi connectivity index (χ4v) is 1.90. The van der Waals surface area contributed by atoms with Crippen molar-refractivity contribution in [2.75, 3.05) is 14.2 Å². The smallest absolute Gasteiger partial charge is 0.134 e. The maximum absolute atomic E-state index is 5.80. The van der Waals surface area contributed by atoms with E-state index in [1.165, 1.54) is 0 Å². The molecule has 3 nitrogen and oxygen atoms in total. The Kier molecular flexibility index (Phi) is 3.27. The van der Waals surface area contributed by atoms with Crippen LogP contribution < -0.4 is 5.32 Å². The van der Waals surface area contributed by atoms with Crippen LogP contribution in [0.1, 0.15) is 18.7 Å². The molecule has 0 amide bonds. The average Bonchev–Trinajstić information content (AvgIpc) is 2.72. The van der Waals surface area contributed by atoms with Gasteiger partial charge in [0.05, 0.1) is 12.1 Å². The fourth-order valence-electron chi connectivity index (χ4n) is 1.90. The van der Waals surface area contributed by atoms with E-state index in [0.717, 1.165) is 16.7 Å². The predicted molar refractivity (Wildman–Crippen MR) is 64.5 cm³/mol. The maximum Gasteiger partial charge on any atom is 0.134 e. The molecular formula is C13H17NO2. The number of rotatable bonds is 4. The van der Waals surface area contributed by atoms with Crippen molar-refractivity contribution >= 4 is 11.0 Å². The number of methoxy groups -OCH3 is 1. The minimum absolute atomic E-state index is 0.0746. The normalized spacial score (nSPS) is 15.2. The molecule has 0 aliphatic heterocycles. The molecule has 0 spiro atoms. The molecular weight excluding hydrogens is 202 g/mol. The Morgan fingerprint density at radius 1 is 1.31 bits per heavy atom. The van der Waals surface area contributed by atoms with Crippen LogP contribution in [0.5, 0.6) is 0 Å². The third-order valence-corrected chi connectivity index (χ3v) is 2.90. The minimum atomic E-state index is 0.0746. The lowest BCUT2D eigenvalue weighted by Crippen LogP contribution is -2.28. The predicted octanol–water partition coefficient (Wildman–Crippen LogP) is 2.73. The third-order valence-electron chi connectivity index (χ3n) is 2.90. The second-order valence-corrected chi connectivity index (χ2v) is 3.89. The van der Waals surface area contributed by atoms with Gasteiger partial charge < -0.3 is 14.5 Å². The van der Waals surface area contributed by atoms with Gasteiger partial charge in [0.15, 0.2) is 0 Å². The Bertz CT molecular complexity index is 431. The second kappa shape index (κ2) is 4.68. The molecule has 1 aromatic carbocycles. The summed E-state index contributed by atoms with van der Waals surface area (Å²) in [6.45, 7) is 2.02. The van der Waals surface area contributed by atoms with Crippen LogP contribution in [0.25, 0.3) is 11.0 Å². The minimum Gasteiger partial charge on any atom is -0.459 e. The fraction of sp³-hybridized carbons (Fsp3) is 0.385. The van der Waals surface area contributed by atoms with Gasteiger partial charge in [0.2, 0.25) is 0 Å². The summed E-state index contributed by atoms with van der Waals surface area (Å²) >= 11 is 0. The molecule has 2 aromatic rings. The van der Waals surface area contributed by atoms with Gasteiger partial charge in [0, 0.05) is 12.5 Å². The Labute approximate surface area is 95.4 Å². The number of para-hydroxylation sites is 1. The lowest BCUT2D eigenvalue weighted by atomic mass is 10.1. The van der Waals surface area contributed by atoms with Crippen molar-refractivity contribution in [3.63, 3.8) is 0 Å². The summed E-state index contributed by atoms with van der Waals surface area (Å²) in [4.78, 5) is 0. The first kappa shape index (κ1) is 11.2. The molecule has 3 heteroatoms. The maximum atomic E-state index is 5.80. The van der Waals surface area contributed by atoms with Crippen molar-refractivity contribution in [1.82, 2.24) is 5.32 Å². The van der Waals surface area contributed by atoms with Crippen molar-refractivity contribution in [3.8, 4) is 0 Å². The largest absolute Gasteiger partial charge is 0.459 e. The van der Waals surface area contributed by atoms with Gasteiger partial charge in [-0.1, -0.05) is 18.2 Å². The average molecular weight is 219 g/mol. The van der Waals surface area contributed by atoms with Crippen LogP contribution in [0.15, 0.2) is 34.7 Å². The van der Waals surface area contributed by atoms with Crippen LogP contribution >= 0.6 is 0 Å². The molecule has 0 saturated heterocycles. The highest BCUT2D eigenvalue weighted by molar-refractivity contribution is 5.77. The number of benzene rings is 1. The molecule has 0 saturated carbocycles. The lowest BCUT2D eigenvalue weighted by Gasteiger charge is -2.19. The van der Waals surface area contributed by atoms with Crippen molar-refractivity contribution in [3.05, 3.63) is 36.1 Å². The lowest BCUT2D eigenvalue weighted by molar-refractivity contribution is 0.0788. The van der Waals surface area contributed by atoms with Crippen LogP contribution in [0.3, 0.4) is 0 Å². The van der Waals surface area contributed by atoms with E-state index in [-0.39, 0.29) is 12.1 Å². The van der Waals surface area contributed by atoms with Crippen LogP contribution in [-0.4, -0.2) is 20.3 Å². The number of nitrogens with one attached hydrogen (secondary N) is 1. The van der Waals surface area contributed by atoms with Gasteiger partial charge in [-0.2, -0.15) is 0 Å². The molecule has 0 fully saturated rings. The van der Waals surface area contributed by atoms with Gasteiger partial charge in [-0.05, 0) is 26.1 Å². The van der Waals surface area contributed by atoms with E-state index in [1.54, 1.807) is 7.11 Å². The van der Waals surface area contributed by atoms with Gasteiger partial charge in [0.1, 0.15) is 11.3 Å². The molecule has 0 bridgehead atoms. The molecule has 0 aliphatic carbocycles. The Morgan fingerprint density at radius 2 is 2.06 bits per heavy atom. The summed E-state index contributed by atoms with van der Waals surface area (Å²) in [5, 5.41) is 4.34. The zero-order valence-corrected chi connectivity index (χ0v) is 9.86. The third kappa shape index (κ3) is 1.96. The summed E-state index contributed by atoms with van der Waals surface area (Å²) in [7, 11) is 3.62. The first-order valence-corrected chi connectivity index (χ1v) is 5.44. The Balaban J connectivity index is 2.37. The van der Waals surface area contributed by atoms with E-state index < -0.39 is 0 Å². The van der Waals surface area contributed by atoms with Gasteiger partial charge >= 0.3 is 0 Å². The van der Waals surface area contributed by atoms with Crippen molar-refractivity contribution in [2.24, 2.45) is 0 Å². The topological polar surface area (TPSA) is 34.4 Å². The summed E-state index contributed by atoms with van der Waals surface area (Å²) in [5.74, 6) is 0.915. The number of hydrogen-bond acceptors (Lipinski definition) is 3. The molecule has 86 valence electrons.